The zero-order chi connectivity index (χ0) is 23.7. The van der Waals surface area contributed by atoms with Gasteiger partial charge in [0.05, 0.1) is 23.3 Å². The molecule has 0 aliphatic rings. The van der Waals surface area contributed by atoms with Crippen LogP contribution in [0.2, 0.25) is 0 Å². The van der Waals surface area contributed by atoms with Gasteiger partial charge < -0.3 is 4.74 Å². The second-order valence-electron chi connectivity index (χ2n) is 7.58. The zero-order valence-corrected chi connectivity index (χ0v) is 17.9. The molecule has 0 atom stereocenters. The second-order valence-corrected chi connectivity index (χ2v) is 7.58. The summed E-state index contributed by atoms with van der Waals surface area (Å²) in [5.41, 5.74) is 1.93. The predicted octanol–water partition coefficient (Wildman–Crippen LogP) is 6.24. The van der Waals surface area contributed by atoms with Crippen LogP contribution < -0.4 is 4.74 Å². The number of ether oxygens (including phenoxy) is 1. The fraction of sp³-hybridized carbons (Fsp3) is 0.0800. The summed E-state index contributed by atoms with van der Waals surface area (Å²) in [6.45, 7) is 1.53. The first-order chi connectivity index (χ1) is 16.4. The Morgan fingerprint density at radius 1 is 0.794 bits per heavy atom. The Balaban J connectivity index is 1.34. The highest BCUT2D eigenvalue weighted by atomic mass is 19.4. The molecule has 170 valence electrons. The molecule has 0 aliphatic carbocycles. The van der Waals surface area contributed by atoms with Gasteiger partial charge in [-0.2, -0.15) is 18.3 Å². The molecule has 0 unspecified atom stereocenters. The van der Waals surface area contributed by atoms with Gasteiger partial charge in [-0.25, -0.2) is 9.36 Å². The molecule has 9 heteroatoms. The van der Waals surface area contributed by atoms with Gasteiger partial charge in [0.1, 0.15) is 22.9 Å². The number of rotatable bonds is 5. The van der Waals surface area contributed by atoms with Crippen LogP contribution in [0.5, 0.6) is 11.5 Å². The number of alkyl halides is 3. The molecule has 5 rings (SSSR count). The lowest BCUT2D eigenvalue weighted by Crippen LogP contribution is -2.13. The first kappa shape index (κ1) is 21.4. The molecule has 0 saturated heterocycles. The Morgan fingerprint density at radius 3 is 2.12 bits per heavy atom. The summed E-state index contributed by atoms with van der Waals surface area (Å²) >= 11 is 0. The van der Waals surface area contributed by atoms with E-state index in [1.807, 2.05) is 54.6 Å². The topological polar surface area (TPSA) is 57.8 Å². The van der Waals surface area contributed by atoms with Crippen molar-refractivity contribution in [2.45, 2.75) is 13.1 Å². The summed E-state index contributed by atoms with van der Waals surface area (Å²) in [4.78, 5) is 0. The molecule has 0 N–H and O–H groups in total. The maximum absolute atomic E-state index is 13.3. The monoisotopic (exact) mass is 461 g/mol. The molecule has 6 nitrogen and oxygen atoms in total. The average Bonchev–Trinajstić information content (AvgIpc) is 3.48. The number of halogens is 3. The lowest BCUT2D eigenvalue weighted by Gasteiger charge is -2.10. The molecule has 0 amide bonds. The van der Waals surface area contributed by atoms with Crippen LogP contribution in [-0.2, 0) is 6.18 Å². The van der Waals surface area contributed by atoms with Crippen LogP contribution in [0.15, 0.2) is 91.1 Å². The molecular weight excluding hydrogens is 443 g/mol. The number of nitrogens with zero attached hydrogens (tertiary/aromatic N) is 5. The van der Waals surface area contributed by atoms with Gasteiger partial charge in [0.15, 0.2) is 0 Å². The Morgan fingerprint density at radius 2 is 1.44 bits per heavy atom. The Bertz CT molecular complexity index is 1410. The van der Waals surface area contributed by atoms with Gasteiger partial charge in [-0.1, -0.05) is 23.4 Å². The maximum atomic E-state index is 13.3. The summed E-state index contributed by atoms with van der Waals surface area (Å²) in [6.07, 6.45) is -2.75. The number of para-hydroxylation sites is 1. The first-order valence-corrected chi connectivity index (χ1v) is 10.4. The SMILES string of the molecule is Cc1cc(C(F)(F)F)n(-c2ccc(-n3cc(-c4ccc(Oc5ccccc5)cc4)nn3)cc2)n1. The van der Waals surface area contributed by atoms with E-state index in [1.165, 1.54) is 6.92 Å². The largest absolute Gasteiger partial charge is 0.457 e. The number of benzene rings is 3. The van der Waals surface area contributed by atoms with Crippen molar-refractivity contribution < 1.29 is 17.9 Å². The van der Waals surface area contributed by atoms with Crippen molar-refractivity contribution in [1.82, 2.24) is 24.8 Å². The van der Waals surface area contributed by atoms with Crippen molar-refractivity contribution >= 4 is 0 Å². The van der Waals surface area contributed by atoms with Gasteiger partial charge in [0.25, 0.3) is 0 Å². The van der Waals surface area contributed by atoms with E-state index in [-0.39, 0.29) is 5.69 Å². The second kappa shape index (κ2) is 8.51. The van der Waals surface area contributed by atoms with Crippen molar-refractivity contribution in [2.75, 3.05) is 0 Å². The Kier molecular flexibility index (Phi) is 5.37. The summed E-state index contributed by atoms with van der Waals surface area (Å²) < 4.78 is 48.2. The fourth-order valence-corrected chi connectivity index (χ4v) is 3.49. The third kappa shape index (κ3) is 4.40. The van der Waals surface area contributed by atoms with Crippen LogP contribution in [0.25, 0.3) is 22.6 Å². The van der Waals surface area contributed by atoms with Crippen molar-refractivity contribution in [3.05, 3.63) is 103 Å². The zero-order valence-electron chi connectivity index (χ0n) is 17.9. The van der Waals surface area contributed by atoms with E-state index in [0.717, 1.165) is 22.1 Å². The van der Waals surface area contributed by atoms with E-state index in [4.69, 9.17) is 4.74 Å². The lowest BCUT2D eigenvalue weighted by atomic mass is 10.1. The van der Waals surface area contributed by atoms with E-state index >= 15 is 0 Å². The third-order valence-corrected chi connectivity index (χ3v) is 5.10. The van der Waals surface area contributed by atoms with Crippen LogP contribution in [0.3, 0.4) is 0 Å². The fourth-order valence-electron chi connectivity index (χ4n) is 3.49. The summed E-state index contributed by atoms with van der Waals surface area (Å²) in [6, 6.07) is 24.4. The Hall–Kier alpha value is -4.40. The van der Waals surface area contributed by atoms with Gasteiger partial charge in [0.2, 0.25) is 0 Å². The van der Waals surface area contributed by atoms with E-state index in [9.17, 15) is 13.2 Å². The van der Waals surface area contributed by atoms with E-state index in [2.05, 4.69) is 15.4 Å². The van der Waals surface area contributed by atoms with Gasteiger partial charge in [-0.3, -0.25) is 0 Å². The summed E-state index contributed by atoms with van der Waals surface area (Å²) in [5.74, 6) is 1.45. The van der Waals surface area contributed by atoms with Crippen LogP contribution in [0, 0.1) is 6.92 Å². The van der Waals surface area contributed by atoms with E-state index in [0.29, 0.717) is 22.8 Å². The molecule has 2 aromatic heterocycles. The molecule has 3 aromatic carbocycles. The van der Waals surface area contributed by atoms with E-state index < -0.39 is 11.9 Å². The number of hydrogen-bond acceptors (Lipinski definition) is 4. The molecule has 0 saturated carbocycles. The van der Waals surface area contributed by atoms with Gasteiger partial charge in [0, 0.05) is 5.56 Å². The number of aromatic nitrogens is 5. The highest BCUT2D eigenvalue weighted by molar-refractivity contribution is 5.59. The molecule has 0 bridgehead atoms. The molecular formula is C25H18F3N5O. The third-order valence-electron chi connectivity index (χ3n) is 5.10. The summed E-state index contributed by atoms with van der Waals surface area (Å²) in [5, 5.41) is 12.3. The minimum absolute atomic E-state index is 0.289. The van der Waals surface area contributed by atoms with Crippen molar-refractivity contribution in [3.63, 3.8) is 0 Å². The summed E-state index contributed by atoms with van der Waals surface area (Å²) in [7, 11) is 0. The van der Waals surface area contributed by atoms with Crippen LogP contribution in [0.1, 0.15) is 11.4 Å². The number of hydrogen-bond donors (Lipinski definition) is 0. The predicted molar refractivity (Wildman–Crippen MR) is 120 cm³/mol. The van der Waals surface area contributed by atoms with Crippen LogP contribution >= 0.6 is 0 Å². The van der Waals surface area contributed by atoms with Crippen LogP contribution in [-0.4, -0.2) is 24.8 Å². The molecule has 34 heavy (non-hydrogen) atoms. The van der Waals surface area contributed by atoms with E-state index in [1.54, 1.807) is 35.1 Å². The maximum Gasteiger partial charge on any atom is 0.433 e. The first-order valence-electron chi connectivity index (χ1n) is 10.4. The highest BCUT2D eigenvalue weighted by Gasteiger charge is 2.35. The van der Waals surface area contributed by atoms with Crippen molar-refractivity contribution in [3.8, 4) is 34.1 Å². The van der Waals surface area contributed by atoms with Crippen molar-refractivity contribution in [2.24, 2.45) is 0 Å². The molecule has 5 aromatic rings. The molecule has 0 aliphatic heterocycles. The molecule has 0 fully saturated rings. The molecule has 0 spiro atoms. The average molecular weight is 461 g/mol. The van der Waals surface area contributed by atoms with Gasteiger partial charge in [-0.15, -0.1) is 5.10 Å². The lowest BCUT2D eigenvalue weighted by molar-refractivity contribution is -0.142. The minimum atomic E-state index is -4.50. The highest BCUT2D eigenvalue weighted by Crippen LogP contribution is 2.32. The van der Waals surface area contributed by atoms with Gasteiger partial charge in [-0.05, 0) is 73.7 Å². The minimum Gasteiger partial charge on any atom is -0.457 e. The quantitative estimate of drug-likeness (QED) is 0.311. The smallest absolute Gasteiger partial charge is 0.433 e. The molecule has 0 radical (unpaired) electrons. The van der Waals surface area contributed by atoms with Crippen LogP contribution in [0.4, 0.5) is 13.2 Å². The molecule has 2 heterocycles. The normalized spacial score (nSPS) is 11.5. The number of aryl methyl sites for hydroxylation is 1. The van der Waals surface area contributed by atoms with Crippen molar-refractivity contribution in [1.29, 1.82) is 0 Å². The van der Waals surface area contributed by atoms with Gasteiger partial charge >= 0.3 is 6.18 Å². The Labute approximate surface area is 192 Å². The standard InChI is InChI=1S/C25H18F3N5O/c1-17-15-24(25(26,27)28)33(30-17)20-11-9-19(10-12-20)32-16-23(29-31-32)18-7-13-22(14-8-18)34-21-5-3-2-4-6-21/h2-16H,1H3.